The van der Waals surface area contributed by atoms with Gasteiger partial charge in [-0.1, -0.05) is 42.5 Å². The molecule has 0 heterocycles. The van der Waals surface area contributed by atoms with Gasteiger partial charge in [0.1, 0.15) is 6.04 Å². The van der Waals surface area contributed by atoms with Crippen molar-refractivity contribution in [2.24, 2.45) is 5.14 Å². The minimum Gasteiger partial charge on any atom is -0.480 e. The number of carboxylic acids is 1. The Morgan fingerprint density at radius 1 is 1.00 bits per heavy atom. The molecule has 2 aromatic carbocycles. The van der Waals surface area contributed by atoms with Crippen LogP contribution in [0, 0.1) is 0 Å². The van der Waals surface area contributed by atoms with Gasteiger partial charge in [-0.2, -0.15) is 0 Å². The number of rotatable bonds is 8. The zero-order valence-corrected chi connectivity index (χ0v) is 15.3. The molecule has 2 rings (SSSR count). The number of urea groups is 1. The smallest absolute Gasteiger partial charge is 0.326 e. The van der Waals surface area contributed by atoms with Crippen molar-refractivity contribution in [3.05, 3.63) is 65.7 Å². The Bertz CT molecular complexity index is 883. The highest BCUT2D eigenvalue weighted by molar-refractivity contribution is 7.89. The maximum absolute atomic E-state index is 11.9. The Hall–Kier alpha value is -2.91. The zero-order valence-electron chi connectivity index (χ0n) is 14.5. The summed E-state index contributed by atoms with van der Waals surface area (Å²) in [6.45, 7) is 0.262. The highest BCUT2D eigenvalue weighted by Gasteiger charge is 2.20. The predicted octanol–water partition coefficient (Wildman–Crippen LogP) is 0.872. The molecular formula is C18H21N3O5S. The molecule has 1 unspecified atom stereocenters. The molecule has 0 aliphatic rings. The summed E-state index contributed by atoms with van der Waals surface area (Å²) in [5.41, 5.74) is 1.61. The van der Waals surface area contributed by atoms with Crippen LogP contribution >= 0.6 is 0 Å². The summed E-state index contributed by atoms with van der Waals surface area (Å²) in [6.07, 6.45) is 0.632. The van der Waals surface area contributed by atoms with Crippen molar-refractivity contribution in [2.45, 2.75) is 23.8 Å². The Morgan fingerprint density at radius 3 is 2.19 bits per heavy atom. The molecule has 2 aromatic rings. The first-order chi connectivity index (χ1) is 12.8. The summed E-state index contributed by atoms with van der Waals surface area (Å²) in [5, 5.41) is 19.3. The standard InChI is InChI=1S/C18H21N3O5S/c19-27(25,26)15-8-6-13(7-9-15)10-11-20-18(24)21-16(17(22)23)12-14-4-2-1-3-5-14/h1-9,16H,10-12H2,(H,22,23)(H2,19,25,26)(H2,20,21,24). The second kappa shape index (κ2) is 9.15. The number of benzene rings is 2. The molecule has 0 saturated carbocycles. The van der Waals surface area contributed by atoms with Gasteiger partial charge in [-0.25, -0.2) is 23.1 Å². The number of primary sulfonamides is 1. The number of aliphatic carboxylic acids is 1. The van der Waals surface area contributed by atoms with E-state index in [-0.39, 0.29) is 17.9 Å². The van der Waals surface area contributed by atoms with Crippen LogP contribution in [0.25, 0.3) is 0 Å². The number of carbonyl (C=O) groups is 2. The summed E-state index contributed by atoms with van der Waals surface area (Å²) in [7, 11) is -3.74. The molecule has 0 fully saturated rings. The molecule has 0 spiro atoms. The molecule has 8 nitrogen and oxygen atoms in total. The first-order valence-electron chi connectivity index (χ1n) is 8.18. The topological polar surface area (TPSA) is 139 Å². The van der Waals surface area contributed by atoms with E-state index in [1.54, 1.807) is 36.4 Å². The number of nitrogens with two attached hydrogens (primary N) is 1. The van der Waals surface area contributed by atoms with Gasteiger partial charge in [-0.3, -0.25) is 0 Å². The van der Waals surface area contributed by atoms with Crippen LogP contribution < -0.4 is 15.8 Å². The van der Waals surface area contributed by atoms with Crippen LogP contribution in [0.5, 0.6) is 0 Å². The second-order valence-corrected chi connectivity index (χ2v) is 7.48. The Labute approximate surface area is 157 Å². The fourth-order valence-electron chi connectivity index (χ4n) is 2.43. The second-order valence-electron chi connectivity index (χ2n) is 5.92. The highest BCUT2D eigenvalue weighted by atomic mass is 32.2. The van der Waals surface area contributed by atoms with Crippen LogP contribution in [-0.2, 0) is 27.7 Å². The van der Waals surface area contributed by atoms with Gasteiger partial charge in [0, 0.05) is 13.0 Å². The lowest BCUT2D eigenvalue weighted by molar-refractivity contribution is -0.139. The number of nitrogens with one attached hydrogen (secondary N) is 2. The summed E-state index contributed by atoms with van der Waals surface area (Å²) in [4.78, 5) is 23.3. The third-order valence-corrected chi connectivity index (χ3v) is 4.77. The average Bonchev–Trinajstić information content (AvgIpc) is 2.61. The van der Waals surface area contributed by atoms with E-state index < -0.39 is 28.1 Å². The van der Waals surface area contributed by atoms with E-state index in [4.69, 9.17) is 5.14 Å². The predicted molar refractivity (Wildman–Crippen MR) is 99.6 cm³/mol. The summed E-state index contributed by atoms with van der Waals surface area (Å²) in [5.74, 6) is -1.12. The van der Waals surface area contributed by atoms with Crippen LogP contribution in [0.15, 0.2) is 59.5 Å². The van der Waals surface area contributed by atoms with Gasteiger partial charge in [0.25, 0.3) is 0 Å². The highest BCUT2D eigenvalue weighted by Crippen LogP contribution is 2.09. The lowest BCUT2D eigenvalue weighted by Gasteiger charge is -2.15. The van der Waals surface area contributed by atoms with E-state index in [0.717, 1.165) is 11.1 Å². The Kier molecular flexibility index (Phi) is 6.91. The first-order valence-corrected chi connectivity index (χ1v) is 9.73. The van der Waals surface area contributed by atoms with Gasteiger partial charge in [-0.15, -0.1) is 0 Å². The number of hydrogen-bond acceptors (Lipinski definition) is 4. The van der Waals surface area contributed by atoms with Crippen molar-refractivity contribution in [3.8, 4) is 0 Å². The molecule has 0 aliphatic heterocycles. The molecule has 0 aromatic heterocycles. The molecular weight excluding hydrogens is 370 g/mol. The number of amides is 2. The molecule has 0 radical (unpaired) electrons. The van der Waals surface area contributed by atoms with E-state index >= 15 is 0 Å². The molecule has 9 heteroatoms. The average molecular weight is 391 g/mol. The summed E-state index contributed by atoms with van der Waals surface area (Å²) >= 11 is 0. The largest absolute Gasteiger partial charge is 0.480 e. The Balaban J connectivity index is 1.83. The summed E-state index contributed by atoms with van der Waals surface area (Å²) in [6, 6.07) is 13.4. The molecule has 2 amide bonds. The molecule has 0 bridgehead atoms. The lowest BCUT2D eigenvalue weighted by atomic mass is 10.1. The normalized spacial score (nSPS) is 12.2. The van der Waals surface area contributed by atoms with Gasteiger partial charge in [0.05, 0.1) is 4.90 Å². The monoisotopic (exact) mass is 391 g/mol. The zero-order chi connectivity index (χ0) is 19.9. The third kappa shape index (κ3) is 6.72. The van der Waals surface area contributed by atoms with Crippen molar-refractivity contribution in [3.63, 3.8) is 0 Å². The molecule has 144 valence electrons. The lowest BCUT2D eigenvalue weighted by Crippen LogP contribution is -2.47. The third-order valence-electron chi connectivity index (χ3n) is 3.84. The van der Waals surface area contributed by atoms with Gasteiger partial charge in [0.15, 0.2) is 0 Å². The van der Waals surface area contributed by atoms with Crippen molar-refractivity contribution in [2.75, 3.05) is 6.54 Å². The number of hydrogen-bond donors (Lipinski definition) is 4. The van der Waals surface area contributed by atoms with Crippen molar-refractivity contribution in [1.82, 2.24) is 10.6 Å². The molecule has 0 saturated heterocycles. The van der Waals surface area contributed by atoms with Gasteiger partial charge >= 0.3 is 12.0 Å². The van der Waals surface area contributed by atoms with Crippen molar-refractivity contribution < 1.29 is 23.1 Å². The van der Waals surface area contributed by atoms with Crippen LogP contribution in [-0.4, -0.2) is 38.1 Å². The van der Waals surface area contributed by atoms with E-state index in [0.29, 0.717) is 6.42 Å². The quantitative estimate of drug-likeness (QED) is 0.529. The maximum atomic E-state index is 11.9. The fraction of sp³-hybridized carbons (Fsp3) is 0.222. The minimum absolute atomic E-state index is 0.0159. The Morgan fingerprint density at radius 2 is 1.63 bits per heavy atom. The first kappa shape index (κ1) is 20.4. The van der Waals surface area contributed by atoms with Crippen LogP contribution in [0.2, 0.25) is 0 Å². The van der Waals surface area contributed by atoms with Crippen LogP contribution in [0.1, 0.15) is 11.1 Å². The molecule has 0 aliphatic carbocycles. The van der Waals surface area contributed by atoms with Gasteiger partial charge in [0.2, 0.25) is 10.0 Å². The molecule has 1 atom stereocenters. The number of carbonyl (C=O) groups excluding carboxylic acids is 1. The van der Waals surface area contributed by atoms with Gasteiger partial charge < -0.3 is 15.7 Å². The van der Waals surface area contributed by atoms with Crippen LogP contribution in [0.3, 0.4) is 0 Å². The molecule has 27 heavy (non-hydrogen) atoms. The van der Waals surface area contributed by atoms with E-state index in [1.165, 1.54) is 12.1 Å². The van der Waals surface area contributed by atoms with Gasteiger partial charge in [-0.05, 0) is 29.7 Å². The fourth-order valence-corrected chi connectivity index (χ4v) is 2.94. The SMILES string of the molecule is NS(=O)(=O)c1ccc(CCNC(=O)NC(Cc2ccccc2)C(=O)O)cc1. The number of sulfonamides is 1. The van der Waals surface area contributed by atoms with E-state index in [1.807, 2.05) is 6.07 Å². The van der Waals surface area contributed by atoms with E-state index in [9.17, 15) is 23.1 Å². The summed E-state index contributed by atoms with van der Waals surface area (Å²) < 4.78 is 22.4. The maximum Gasteiger partial charge on any atom is 0.326 e. The van der Waals surface area contributed by atoms with E-state index in [2.05, 4.69) is 10.6 Å². The van der Waals surface area contributed by atoms with Crippen molar-refractivity contribution in [1.29, 1.82) is 0 Å². The van der Waals surface area contributed by atoms with Crippen molar-refractivity contribution >= 4 is 22.0 Å². The van der Waals surface area contributed by atoms with Crippen LogP contribution in [0.4, 0.5) is 4.79 Å². The molecule has 5 N–H and O–H groups in total. The minimum atomic E-state index is -3.74. The number of carboxylic acid groups (broad SMARTS) is 1.